The van der Waals surface area contributed by atoms with Gasteiger partial charge in [-0.1, -0.05) is 0 Å². The molecule has 1 aliphatic rings. The van der Waals surface area contributed by atoms with Gasteiger partial charge in [-0.15, -0.1) is 0 Å². The van der Waals surface area contributed by atoms with E-state index >= 15 is 0 Å². The summed E-state index contributed by atoms with van der Waals surface area (Å²) in [6.45, 7) is 1.94. The van der Waals surface area contributed by atoms with Gasteiger partial charge in [-0.05, 0) is 30.7 Å². The van der Waals surface area contributed by atoms with Crippen LogP contribution >= 0.6 is 0 Å². The van der Waals surface area contributed by atoms with Crippen molar-refractivity contribution in [1.29, 1.82) is 5.26 Å². The molecule has 1 fully saturated rings. The predicted octanol–water partition coefficient (Wildman–Crippen LogP) is 1.10. The van der Waals surface area contributed by atoms with Crippen molar-refractivity contribution in [3.05, 3.63) is 29.8 Å². The Balaban J connectivity index is 2.14. The number of rotatable bonds is 1. The van der Waals surface area contributed by atoms with Crippen LogP contribution in [-0.2, 0) is 0 Å². The Hall–Kier alpha value is -1.53. The van der Waals surface area contributed by atoms with E-state index < -0.39 is 0 Å². The predicted molar refractivity (Wildman–Crippen MR) is 56.0 cm³/mol. The Bertz CT molecular complexity index is 350. The van der Waals surface area contributed by atoms with E-state index in [4.69, 9.17) is 11.0 Å². The van der Waals surface area contributed by atoms with Crippen LogP contribution in [0.1, 0.15) is 12.0 Å². The fourth-order valence-corrected chi connectivity index (χ4v) is 1.77. The second-order valence-electron chi connectivity index (χ2n) is 3.65. The van der Waals surface area contributed by atoms with Crippen LogP contribution in [0.3, 0.4) is 0 Å². The lowest BCUT2D eigenvalue weighted by Crippen LogP contribution is -2.26. The first-order valence-corrected chi connectivity index (χ1v) is 4.80. The molecule has 0 aromatic heterocycles. The van der Waals surface area contributed by atoms with Crippen LogP contribution in [0.25, 0.3) is 0 Å². The third-order valence-corrected chi connectivity index (χ3v) is 2.59. The molecule has 3 heteroatoms. The molecule has 1 atom stereocenters. The van der Waals surface area contributed by atoms with Crippen molar-refractivity contribution in [2.45, 2.75) is 12.5 Å². The largest absolute Gasteiger partial charge is 0.370 e. The molecule has 1 aromatic carbocycles. The average Bonchev–Trinajstić information content (AvgIpc) is 2.65. The summed E-state index contributed by atoms with van der Waals surface area (Å²) in [7, 11) is 0. The molecular weight excluding hydrogens is 174 g/mol. The summed E-state index contributed by atoms with van der Waals surface area (Å²) in [5.74, 6) is 0. The average molecular weight is 187 g/mol. The number of hydrogen-bond acceptors (Lipinski definition) is 3. The van der Waals surface area contributed by atoms with Gasteiger partial charge in [0.2, 0.25) is 0 Å². The van der Waals surface area contributed by atoms with Gasteiger partial charge in [0.15, 0.2) is 0 Å². The second kappa shape index (κ2) is 3.69. The summed E-state index contributed by atoms with van der Waals surface area (Å²) in [5.41, 5.74) is 7.69. The van der Waals surface area contributed by atoms with E-state index in [1.165, 1.54) is 0 Å². The van der Waals surface area contributed by atoms with E-state index in [9.17, 15) is 0 Å². The van der Waals surface area contributed by atoms with Gasteiger partial charge in [-0.2, -0.15) is 5.26 Å². The standard InChI is InChI=1S/C11H13N3/c12-7-9-1-3-11(4-2-9)14-6-5-10(13)8-14/h1-4,10H,5-6,8,13H2/t10-/m0/s1. The second-order valence-corrected chi connectivity index (χ2v) is 3.65. The molecule has 0 unspecified atom stereocenters. The van der Waals surface area contributed by atoms with Crippen LogP contribution in [0.5, 0.6) is 0 Å². The van der Waals surface area contributed by atoms with Crippen LogP contribution in [0, 0.1) is 11.3 Å². The van der Waals surface area contributed by atoms with Gasteiger partial charge in [0.1, 0.15) is 0 Å². The molecule has 1 aromatic rings. The van der Waals surface area contributed by atoms with Gasteiger partial charge in [-0.3, -0.25) is 0 Å². The van der Waals surface area contributed by atoms with E-state index in [-0.39, 0.29) is 0 Å². The van der Waals surface area contributed by atoms with Crippen molar-refractivity contribution in [3.63, 3.8) is 0 Å². The number of nitrogens with two attached hydrogens (primary N) is 1. The Morgan fingerprint density at radius 3 is 2.57 bits per heavy atom. The zero-order valence-electron chi connectivity index (χ0n) is 7.98. The number of anilines is 1. The number of nitriles is 1. The maximum absolute atomic E-state index is 8.65. The minimum atomic E-state index is 0.297. The molecule has 72 valence electrons. The molecule has 0 amide bonds. The van der Waals surface area contributed by atoms with E-state index in [2.05, 4.69) is 11.0 Å². The summed E-state index contributed by atoms with van der Waals surface area (Å²) >= 11 is 0. The first-order valence-electron chi connectivity index (χ1n) is 4.80. The third-order valence-electron chi connectivity index (χ3n) is 2.59. The summed E-state index contributed by atoms with van der Waals surface area (Å²) < 4.78 is 0. The monoisotopic (exact) mass is 187 g/mol. The molecule has 14 heavy (non-hydrogen) atoms. The Kier molecular flexibility index (Phi) is 2.38. The Labute approximate surface area is 83.7 Å². The van der Waals surface area contributed by atoms with Crippen molar-refractivity contribution >= 4 is 5.69 Å². The highest BCUT2D eigenvalue weighted by Gasteiger charge is 2.18. The summed E-state index contributed by atoms with van der Waals surface area (Å²) in [6.07, 6.45) is 1.06. The van der Waals surface area contributed by atoms with Crippen LogP contribution in [0.15, 0.2) is 24.3 Å². The van der Waals surface area contributed by atoms with Crippen molar-refractivity contribution in [1.82, 2.24) is 0 Å². The van der Waals surface area contributed by atoms with Crippen molar-refractivity contribution < 1.29 is 0 Å². The number of hydrogen-bond donors (Lipinski definition) is 1. The lowest BCUT2D eigenvalue weighted by atomic mass is 10.2. The third kappa shape index (κ3) is 1.70. The van der Waals surface area contributed by atoms with Crippen LogP contribution in [0.2, 0.25) is 0 Å². The van der Waals surface area contributed by atoms with Gasteiger partial charge < -0.3 is 10.6 Å². The highest BCUT2D eigenvalue weighted by Crippen LogP contribution is 2.19. The van der Waals surface area contributed by atoms with E-state index in [1.54, 1.807) is 0 Å². The Morgan fingerprint density at radius 2 is 2.07 bits per heavy atom. The zero-order chi connectivity index (χ0) is 9.97. The van der Waals surface area contributed by atoms with Crippen molar-refractivity contribution in [2.24, 2.45) is 5.73 Å². The topological polar surface area (TPSA) is 53.0 Å². The molecule has 0 saturated carbocycles. The molecule has 1 heterocycles. The van der Waals surface area contributed by atoms with E-state index in [0.717, 1.165) is 25.2 Å². The highest BCUT2D eigenvalue weighted by atomic mass is 15.2. The lowest BCUT2D eigenvalue weighted by molar-refractivity contribution is 0.752. The van der Waals surface area contributed by atoms with Gasteiger partial charge >= 0.3 is 0 Å². The molecule has 2 N–H and O–H groups in total. The number of nitrogens with zero attached hydrogens (tertiary/aromatic N) is 2. The smallest absolute Gasteiger partial charge is 0.0991 e. The van der Waals surface area contributed by atoms with Gasteiger partial charge in [0.05, 0.1) is 11.6 Å². The van der Waals surface area contributed by atoms with Crippen molar-refractivity contribution in [3.8, 4) is 6.07 Å². The molecule has 3 nitrogen and oxygen atoms in total. The molecule has 1 saturated heterocycles. The SMILES string of the molecule is N#Cc1ccc(N2CC[C@H](N)C2)cc1. The molecular formula is C11H13N3. The quantitative estimate of drug-likeness (QED) is 0.716. The van der Waals surface area contributed by atoms with Crippen LogP contribution < -0.4 is 10.6 Å². The summed E-state index contributed by atoms with van der Waals surface area (Å²) in [6, 6.07) is 10.1. The molecule has 2 rings (SSSR count). The van der Waals surface area contributed by atoms with Crippen molar-refractivity contribution in [2.75, 3.05) is 18.0 Å². The van der Waals surface area contributed by atoms with Gasteiger partial charge in [0.25, 0.3) is 0 Å². The molecule has 0 bridgehead atoms. The van der Waals surface area contributed by atoms with Gasteiger partial charge in [-0.25, -0.2) is 0 Å². The molecule has 0 spiro atoms. The normalized spacial score (nSPS) is 20.9. The summed E-state index contributed by atoms with van der Waals surface area (Å²) in [5, 5.41) is 8.65. The van der Waals surface area contributed by atoms with E-state index in [1.807, 2.05) is 24.3 Å². The fourth-order valence-electron chi connectivity index (χ4n) is 1.77. The molecule has 0 radical (unpaired) electrons. The molecule has 1 aliphatic heterocycles. The Morgan fingerprint density at radius 1 is 1.36 bits per heavy atom. The lowest BCUT2D eigenvalue weighted by Gasteiger charge is -2.17. The minimum absolute atomic E-state index is 0.297. The van der Waals surface area contributed by atoms with E-state index in [0.29, 0.717) is 11.6 Å². The van der Waals surface area contributed by atoms with Gasteiger partial charge in [0, 0.05) is 24.8 Å². The highest BCUT2D eigenvalue weighted by molar-refractivity contribution is 5.50. The van der Waals surface area contributed by atoms with Crippen LogP contribution in [-0.4, -0.2) is 19.1 Å². The zero-order valence-corrected chi connectivity index (χ0v) is 7.98. The maximum Gasteiger partial charge on any atom is 0.0991 e. The number of benzene rings is 1. The maximum atomic E-state index is 8.65. The van der Waals surface area contributed by atoms with Crippen LogP contribution in [0.4, 0.5) is 5.69 Å². The minimum Gasteiger partial charge on any atom is -0.370 e. The molecule has 0 aliphatic carbocycles. The fraction of sp³-hybridized carbons (Fsp3) is 0.364. The first kappa shape index (κ1) is 9.04. The summed E-state index contributed by atoms with van der Waals surface area (Å²) in [4.78, 5) is 2.26. The first-order chi connectivity index (χ1) is 6.79.